The molecule has 5 nitrogen and oxygen atoms in total. The number of aromatic hydroxyl groups is 1. The Morgan fingerprint density at radius 1 is 1.13 bits per heavy atom. The summed E-state index contributed by atoms with van der Waals surface area (Å²) in [6, 6.07) is 22.0. The Morgan fingerprint density at radius 3 is 2.64 bits per heavy atom. The molecule has 3 aromatic carbocycles. The summed E-state index contributed by atoms with van der Waals surface area (Å²) in [5, 5.41) is 12.7. The van der Waals surface area contributed by atoms with Crippen molar-refractivity contribution >= 4 is 16.7 Å². The van der Waals surface area contributed by atoms with Crippen molar-refractivity contribution in [2.24, 2.45) is 5.92 Å². The van der Waals surface area contributed by atoms with E-state index in [1.807, 2.05) is 49.6 Å². The number of benzene rings is 3. The van der Waals surface area contributed by atoms with Crippen LogP contribution >= 0.6 is 0 Å². The Labute approximate surface area is 233 Å². The summed E-state index contributed by atoms with van der Waals surface area (Å²) in [5.74, 6) is 0.711. The number of piperidine rings is 1. The van der Waals surface area contributed by atoms with Gasteiger partial charge in [0.25, 0.3) is 5.91 Å². The van der Waals surface area contributed by atoms with Crippen molar-refractivity contribution in [3.05, 3.63) is 90.5 Å². The fraction of sp³-hybridized carbons (Fsp3) is 0.441. The summed E-state index contributed by atoms with van der Waals surface area (Å²) in [6.07, 6.45) is 5.38. The first-order valence-corrected chi connectivity index (χ1v) is 14.3. The molecule has 0 spiro atoms. The predicted molar refractivity (Wildman–Crippen MR) is 158 cm³/mol. The van der Waals surface area contributed by atoms with E-state index in [2.05, 4.69) is 54.5 Å². The van der Waals surface area contributed by atoms with Crippen LogP contribution in [0, 0.1) is 5.92 Å². The normalized spacial score (nSPS) is 25.4. The summed E-state index contributed by atoms with van der Waals surface area (Å²) >= 11 is 0. The van der Waals surface area contributed by atoms with Crippen LogP contribution in [0.1, 0.15) is 55.5 Å². The number of amides is 1. The average Bonchev–Trinajstić information content (AvgIpc) is 2.95. The minimum Gasteiger partial charge on any atom is -0.508 e. The Bertz CT molecular complexity index is 1340. The van der Waals surface area contributed by atoms with Crippen LogP contribution in [0.5, 0.6) is 5.75 Å². The van der Waals surface area contributed by atoms with Crippen LogP contribution in [-0.4, -0.2) is 65.7 Å². The zero-order valence-corrected chi connectivity index (χ0v) is 23.6. The number of fused-ring (bicyclic) bond motifs is 2. The molecule has 1 N–H and O–H groups in total. The molecule has 206 valence electrons. The third-order valence-corrected chi connectivity index (χ3v) is 9.11. The summed E-state index contributed by atoms with van der Waals surface area (Å²) in [7, 11) is 1.83. The molecule has 3 unspecified atom stereocenters. The van der Waals surface area contributed by atoms with Crippen LogP contribution in [0.4, 0.5) is 0 Å². The number of carbonyl (C=O) groups excluding carboxylic acids is 1. The van der Waals surface area contributed by atoms with Crippen LogP contribution < -0.4 is 0 Å². The topological polar surface area (TPSA) is 53.0 Å². The van der Waals surface area contributed by atoms with E-state index in [9.17, 15) is 9.90 Å². The van der Waals surface area contributed by atoms with Gasteiger partial charge >= 0.3 is 0 Å². The maximum Gasteiger partial charge on any atom is 0.254 e. The molecule has 2 aliphatic rings. The Balaban J connectivity index is 1.54. The largest absolute Gasteiger partial charge is 0.508 e. The van der Waals surface area contributed by atoms with E-state index < -0.39 is 5.60 Å². The number of likely N-dealkylation sites (tertiary alicyclic amines) is 1. The van der Waals surface area contributed by atoms with E-state index in [0.29, 0.717) is 12.5 Å². The third-order valence-electron chi connectivity index (χ3n) is 9.11. The second-order valence-corrected chi connectivity index (χ2v) is 11.9. The predicted octanol–water partition coefficient (Wildman–Crippen LogP) is 6.41. The summed E-state index contributed by atoms with van der Waals surface area (Å²) in [4.78, 5) is 18.8. The molecule has 1 aliphatic heterocycles. The minimum atomic E-state index is -0.409. The van der Waals surface area contributed by atoms with E-state index >= 15 is 0 Å². The summed E-state index contributed by atoms with van der Waals surface area (Å²) in [5.41, 5.74) is 1.12. The molecule has 1 saturated carbocycles. The number of phenolic OH excluding ortho intramolecular Hbond substituents is 1. The van der Waals surface area contributed by atoms with Gasteiger partial charge in [-0.2, -0.15) is 0 Å². The molecule has 1 aliphatic carbocycles. The van der Waals surface area contributed by atoms with Gasteiger partial charge in [0.05, 0.1) is 5.60 Å². The van der Waals surface area contributed by atoms with Gasteiger partial charge in [-0.15, -0.1) is 6.58 Å². The van der Waals surface area contributed by atoms with Gasteiger partial charge < -0.3 is 14.7 Å². The summed E-state index contributed by atoms with van der Waals surface area (Å²) < 4.78 is 6.50. The molecule has 0 bridgehead atoms. The highest BCUT2D eigenvalue weighted by Crippen LogP contribution is 2.54. The standard InChI is InChI=1S/C34H42N2O3/c1-5-18-35-19-17-33(29-11-8-12-31(37)21-29)22-30(15-16-34(33,24-35)39-4)36(23-25(2)3)32(38)28-14-13-26-9-6-7-10-27(26)20-28/h5-14,20-21,25,30,37H,1,15-19,22-24H2,2-4H3. The van der Waals surface area contributed by atoms with Gasteiger partial charge in [0.2, 0.25) is 0 Å². The number of carbonyl (C=O) groups is 1. The molecule has 3 aromatic rings. The van der Waals surface area contributed by atoms with Crippen molar-refractivity contribution in [1.82, 2.24) is 9.80 Å². The van der Waals surface area contributed by atoms with Crippen LogP contribution in [-0.2, 0) is 10.2 Å². The van der Waals surface area contributed by atoms with Crippen LogP contribution in [0.2, 0.25) is 0 Å². The van der Waals surface area contributed by atoms with Gasteiger partial charge in [0.15, 0.2) is 0 Å². The zero-order chi connectivity index (χ0) is 27.6. The summed E-state index contributed by atoms with van der Waals surface area (Å²) in [6.45, 7) is 11.6. The molecule has 39 heavy (non-hydrogen) atoms. The smallest absolute Gasteiger partial charge is 0.254 e. The highest BCUT2D eigenvalue weighted by atomic mass is 16.5. The van der Waals surface area contributed by atoms with Crippen molar-refractivity contribution in [2.75, 3.05) is 33.3 Å². The first-order chi connectivity index (χ1) is 18.8. The maximum atomic E-state index is 14.2. The number of hydrogen-bond donors (Lipinski definition) is 1. The molecule has 0 aromatic heterocycles. The first kappa shape index (κ1) is 27.4. The fourth-order valence-electron chi connectivity index (χ4n) is 7.25. The Kier molecular flexibility index (Phi) is 7.84. The fourth-order valence-corrected chi connectivity index (χ4v) is 7.25. The highest BCUT2D eigenvalue weighted by molar-refractivity contribution is 5.98. The van der Waals surface area contributed by atoms with Gasteiger partial charge in [-0.05, 0) is 78.7 Å². The number of rotatable bonds is 8. The molecule has 1 saturated heterocycles. The SMILES string of the molecule is C=CCN1CCC2(c3cccc(O)c3)CC(N(CC(C)C)C(=O)c3ccc4ccccc4c3)CCC2(OC)C1. The van der Waals surface area contributed by atoms with Crippen molar-refractivity contribution in [3.63, 3.8) is 0 Å². The van der Waals surface area contributed by atoms with E-state index in [1.54, 1.807) is 6.07 Å². The lowest BCUT2D eigenvalue weighted by Gasteiger charge is -2.60. The average molecular weight is 527 g/mol. The molecule has 1 heterocycles. The lowest BCUT2D eigenvalue weighted by atomic mass is 9.55. The van der Waals surface area contributed by atoms with Crippen LogP contribution in [0.15, 0.2) is 79.4 Å². The number of hydrogen-bond acceptors (Lipinski definition) is 4. The number of phenols is 1. The van der Waals surface area contributed by atoms with Crippen molar-refractivity contribution in [1.29, 1.82) is 0 Å². The number of nitrogens with zero attached hydrogens (tertiary/aromatic N) is 2. The molecular weight excluding hydrogens is 484 g/mol. The van der Waals surface area contributed by atoms with Gasteiger partial charge in [-0.3, -0.25) is 9.69 Å². The van der Waals surface area contributed by atoms with Gasteiger partial charge in [-0.25, -0.2) is 0 Å². The van der Waals surface area contributed by atoms with Gasteiger partial charge in [0.1, 0.15) is 5.75 Å². The number of ether oxygens (including phenoxy) is 1. The molecule has 1 amide bonds. The molecule has 3 atom stereocenters. The Morgan fingerprint density at radius 2 is 1.92 bits per heavy atom. The molecule has 5 rings (SSSR count). The van der Waals surface area contributed by atoms with Gasteiger partial charge in [0, 0.05) is 43.8 Å². The molecule has 2 fully saturated rings. The van der Waals surface area contributed by atoms with E-state index in [-0.39, 0.29) is 23.1 Å². The van der Waals surface area contributed by atoms with Crippen molar-refractivity contribution in [3.8, 4) is 5.75 Å². The van der Waals surface area contributed by atoms with Crippen molar-refractivity contribution in [2.45, 2.75) is 56.6 Å². The second kappa shape index (κ2) is 11.1. The quantitative estimate of drug-likeness (QED) is 0.345. The minimum absolute atomic E-state index is 0.0722. The first-order valence-electron chi connectivity index (χ1n) is 14.3. The highest BCUT2D eigenvalue weighted by Gasteiger charge is 2.59. The van der Waals surface area contributed by atoms with Crippen LogP contribution in [0.3, 0.4) is 0 Å². The lowest BCUT2D eigenvalue weighted by molar-refractivity contribution is -0.153. The number of methoxy groups -OCH3 is 1. The van der Waals surface area contributed by atoms with Crippen molar-refractivity contribution < 1.29 is 14.6 Å². The third kappa shape index (κ3) is 5.10. The lowest BCUT2D eigenvalue weighted by Crippen LogP contribution is -2.68. The zero-order valence-electron chi connectivity index (χ0n) is 23.6. The van der Waals surface area contributed by atoms with Gasteiger partial charge in [-0.1, -0.05) is 62.4 Å². The van der Waals surface area contributed by atoms with E-state index in [1.165, 1.54) is 0 Å². The van der Waals surface area contributed by atoms with Crippen LogP contribution in [0.25, 0.3) is 10.8 Å². The van der Waals surface area contributed by atoms with E-state index in [0.717, 1.165) is 67.2 Å². The monoisotopic (exact) mass is 526 g/mol. The Hall–Kier alpha value is -3.15. The molecule has 0 radical (unpaired) electrons. The van der Waals surface area contributed by atoms with E-state index in [4.69, 9.17) is 4.74 Å². The molecule has 5 heteroatoms. The maximum absolute atomic E-state index is 14.2. The molecular formula is C34H42N2O3. The second-order valence-electron chi connectivity index (χ2n) is 11.9.